The van der Waals surface area contributed by atoms with E-state index in [1.54, 1.807) is 57.3 Å². The Balaban J connectivity index is 2.30. The molecule has 1 unspecified atom stereocenters. The molecule has 0 radical (unpaired) electrons. The molecule has 172 valence electrons. The SMILES string of the molecule is C=C/C=C(\C=C/C)c1cnc([C@H](Cc2ccc(NS(=O)[O-])cc2)NC(=O)OC(C)(C)C)s1. The summed E-state index contributed by atoms with van der Waals surface area (Å²) in [4.78, 5) is 18.0. The molecule has 32 heavy (non-hydrogen) atoms. The third-order valence-electron chi connectivity index (χ3n) is 4.04. The number of benzene rings is 1. The number of nitrogens with zero attached hydrogens (tertiary/aromatic N) is 1. The van der Waals surface area contributed by atoms with Gasteiger partial charge in [0.25, 0.3) is 0 Å². The molecule has 7 nitrogen and oxygen atoms in total. The van der Waals surface area contributed by atoms with Gasteiger partial charge in [0, 0.05) is 23.2 Å². The fourth-order valence-corrected chi connectivity index (χ4v) is 4.10. The topological polar surface area (TPSA) is 103 Å². The van der Waals surface area contributed by atoms with Gasteiger partial charge in [0.05, 0.1) is 10.9 Å². The molecule has 1 heterocycles. The number of anilines is 1. The van der Waals surface area contributed by atoms with Crippen LogP contribution in [0, 0.1) is 0 Å². The van der Waals surface area contributed by atoms with Crippen molar-refractivity contribution in [2.75, 3.05) is 4.72 Å². The predicted octanol–water partition coefficient (Wildman–Crippen LogP) is 5.30. The van der Waals surface area contributed by atoms with Crippen LogP contribution in [0.25, 0.3) is 5.57 Å². The van der Waals surface area contributed by atoms with Crippen molar-refractivity contribution in [3.8, 4) is 0 Å². The van der Waals surface area contributed by atoms with E-state index in [1.807, 2.05) is 25.2 Å². The summed E-state index contributed by atoms with van der Waals surface area (Å²) in [6.07, 6.45) is 9.23. The number of carbonyl (C=O) groups excluding carboxylic acids is 1. The molecule has 2 rings (SSSR count). The van der Waals surface area contributed by atoms with E-state index in [0.29, 0.717) is 12.1 Å². The van der Waals surface area contributed by atoms with E-state index in [4.69, 9.17) is 4.74 Å². The lowest BCUT2D eigenvalue weighted by molar-refractivity contribution is 0.0503. The van der Waals surface area contributed by atoms with Gasteiger partial charge in [-0.2, -0.15) is 0 Å². The zero-order valence-electron chi connectivity index (χ0n) is 18.6. The molecular formula is C23H28N3O4S2-. The highest BCUT2D eigenvalue weighted by Gasteiger charge is 2.23. The molecule has 0 aliphatic rings. The quantitative estimate of drug-likeness (QED) is 0.379. The van der Waals surface area contributed by atoms with Crippen LogP contribution >= 0.6 is 11.3 Å². The Bertz CT molecular complexity index is 1000. The van der Waals surface area contributed by atoms with Crippen molar-refractivity contribution in [2.45, 2.75) is 45.8 Å². The van der Waals surface area contributed by atoms with Crippen LogP contribution in [0.3, 0.4) is 0 Å². The van der Waals surface area contributed by atoms with Crippen LogP contribution < -0.4 is 10.0 Å². The van der Waals surface area contributed by atoms with Crippen molar-refractivity contribution in [1.82, 2.24) is 10.3 Å². The molecule has 0 saturated carbocycles. The molecule has 1 aromatic heterocycles. The van der Waals surface area contributed by atoms with Crippen LogP contribution in [0.1, 0.15) is 49.2 Å². The first kappa shape index (κ1) is 25.5. The first-order valence-corrected chi connectivity index (χ1v) is 11.9. The van der Waals surface area contributed by atoms with Crippen molar-refractivity contribution < 1.29 is 18.3 Å². The number of hydrogen-bond donors (Lipinski definition) is 2. The van der Waals surface area contributed by atoms with Gasteiger partial charge in [0.1, 0.15) is 10.6 Å². The number of ether oxygens (including phenoxy) is 1. The first-order valence-electron chi connectivity index (χ1n) is 9.97. The molecule has 9 heteroatoms. The Morgan fingerprint density at radius 2 is 2.03 bits per heavy atom. The van der Waals surface area contributed by atoms with Gasteiger partial charge in [-0.3, -0.25) is 4.21 Å². The monoisotopic (exact) mass is 474 g/mol. The summed E-state index contributed by atoms with van der Waals surface area (Å²) >= 11 is -0.909. The zero-order valence-corrected chi connectivity index (χ0v) is 20.2. The Labute approximate surface area is 195 Å². The normalized spacial score (nSPS) is 14.1. The van der Waals surface area contributed by atoms with Gasteiger partial charge < -0.3 is 19.3 Å². The van der Waals surface area contributed by atoms with Gasteiger partial charge in [-0.05, 0) is 57.4 Å². The molecule has 2 atom stereocenters. The van der Waals surface area contributed by atoms with Crippen molar-refractivity contribution in [3.63, 3.8) is 0 Å². The van der Waals surface area contributed by atoms with E-state index in [0.717, 1.165) is 21.0 Å². The van der Waals surface area contributed by atoms with Gasteiger partial charge in [-0.25, -0.2) is 9.78 Å². The minimum atomic E-state index is -2.39. The number of thiazole rings is 1. The highest BCUT2D eigenvalue weighted by atomic mass is 32.2. The molecule has 0 aliphatic heterocycles. The zero-order chi connectivity index (χ0) is 23.7. The Morgan fingerprint density at radius 3 is 2.59 bits per heavy atom. The summed E-state index contributed by atoms with van der Waals surface area (Å²) < 4.78 is 29.4. The second-order valence-electron chi connectivity index (χ2n) is 7.86. The molecule has 0 aliphatic carbocycles. The van der Waals surface area contributed by atoms with Crippen molar-refractivity contribution in [2.24, 2.45) is 0 Å². The van der Waals surface area contributed by atoms with E-state index >= 15 is 0 Å². The molecular weight excluding hydrogens is 446 g/mol. The number of alkyl carbamates (subject to hydrolysis) is 1. The Morgan fingerprint density at radius 1 is 1.34 bits per heavy atom. The molecule has 1 aromatic carbocycles. The third kappa shape index (κ3) is 8.41. The van der Waals surface area contributed by atoms with Crippen LogP contribution in [-0.2, 0) is 22.4 Å². The van der Waals surface area contributed by atoms with Gasteiger partial charge in [0.15, 0.2) is 0 Å². The van der Waals surface area contributed by atoms with Crippen molar-refractivity contribution in [3.05, 3.63) is 76.8 Å². The molecule has 2 aromatic rings. The summed E-state index contributed by atoms with van der Waals surface area (Å²) in [7, 11) is 0. The summed E-state index contributed by atoms with van der Waals surface area (Å²) in [6.45, 7) is 11.1. The maximum Gasteiger partial charge on any atom is 0.408 e. The molecule has 0 saturated heterocycles. The largest absolute Gasteiger partial charge is 0.755 e. The number of rotatable bonds is 9. The lowest BCUT2D eigenvalue weighted by atomic mass is 10.1. The lowest BCUT2D eigenvalue weighted by Gasteiger charge is -2.23. The first-order chi connectivity index (χ1) is 15.1. The number of allylic oxidation sites excluding steroid dienone is 5. The molecule has 0 spiro atoms. The lowest BCUT2D eigenvalue weighted by Crippen LogP contribution is -2.35. The van der Waals surface area contributed by atoms with E-state index in [9.17, 15) is 13.6 Å². The van der Waals surface area contributed by atoms with Crippen LogP contribution in [0.5, 0.6) is 0 Å². The maximum atomic E-state index is 12.5. The van der Waals surface area contributed by atoms with Gasteiger partial charge in [-0.15, -0.1) is 11.3 Å². The summed E-state index contributed by atoms with van der Waals surface area (Å²) in [6, 6.07) is 6.51. The number of carbonyl (C=O) groups is 1. The number of aromatic nitrogens is 1. The summed E-state index contributed by atoms with van der Waals surface area (Å²) in [5.41, 5.74) is 1.71. The molecule has 1 amide bonds. The van der Waals surface area contributed by atoms with E-state index in [-0.39, 0.29) is 0 Å². The van der Waals surface area contributed by atoms with Crippen LogP contribution in [0.4, 0.5) is 10.5 Å². The Kier molecular flexibility index (Phi) is 9.37. The number of hydrogen-bond acceptors (Lipinski definition) is 6. The van der Waals surface area contributed by atoms with E-state index in [1.165, 1.54) is 11.3 Å². The number of nitrogens with one attached hydrogen (secondary N) is 2. The van der Waals surface area contributed by atoms with E-state index in [2.05, 4.69) is 21.6 Å². The standard InChI is InChI=1S/C23H29N3O4S2/c1-6-8-17(9-7-2)20-15-24-21(31-20)19(25-22(27)30-23(3,4)5)14-16-10-12-18(13-11-16)26-32(28)29/h6-13,15,19,26H,1,14H2,2-5H3,(H,25,27)(H,28,29)/p-1/b9-7-,17-8+/t19-/m0/s1. The minimum absolute atomic E-state index is 0.424. The van der Waals surface area contributed by atoms with Crippen LogP contribution in [-0.4, -0.2) is 25.4 Å². The highest BCUT2D eigenvalue weighted by Crippen LogP contribution is 2.29. The maximum absolute atomic E-state index is 12.5. The van der Waals surface area contributed by atoms with Gasteiger partial charge in [-0.1, -0.05) is 43.0 Å². The van der Waals surface area contributed by atoms with Crippen molar-refractivity contribution >= 4 is 40.0 Å². The predicted molar refractivity (Wildman–Crippen MR) is 130 cm³/mol. The van der Waals surface area contributed by atoms with Gasteiger partial charge >= 0.3 is 6.09 Å². The fraction of sp³-hybridized carbons (Fsp3) is 0.304. The Hall–Kier alpha value is -2.75. The summed E-state index contributed by atoms with van der Waals surface area (Å²) in [5.74, 6) is 0. The smallest absolute Gasteiger partial charge is 0.408 e. The second-order valence-corrected chi connectivity index (χ2v) is 9.59. The van der Waals surface area contributed by atoms with Crippen LogP contribution in [0.2, 0.25) is 0 Å². The van der Waals surface area contributed by atoms with Gasteiger partial charge in [0.2, 0.25) is 0 Å². The molecule has 0 fully saturated rings. The average molecular weight is 475 g/mol. The third-order valence-corrected chi connectivity index (χ3v) is 5.60. The second kappa shape index (κ2) is 11.8. The van der Waals surface area contributed by atoms with E-state index < -0.39 is 29.0 Å². The minimum Gasteiger partial charge on any atom is -0.755 e. The van der Waals surface area contributed by atoms with Crippen LogP contribution in [0.15, 0.2) is 61.3 Å². The summed E-state index contributed by atoms with van der Waals surface area (Å²) in [5, 5.41) is 3.65. The fourth-order valence-electron chi connectivity index (χ4n) is 2.80. The molecule has 0 bridgehead atoms. The average Bonchev–Trinajstić information content (AvgIpc) is 3.17. The number of amides is 1. The highest BCUT2D eigenvalue weighted by molar-refractivity contribution is 7.80. The van der Waals surface area contributed by atoms with Crippen molar-refractivity contribution in [1.29, 1.82) is 0 Å². The molecule has 2 N–H and O–H groups in total.